The van der Waals surface area contributed by atoms with Gasteiger partial charge >= 0.3 is 0 Å². The number of aryl methyl sites for hydroxylation is 1. The molecule has 1 fully saturated rings. The van der Waals surface area contributed by atoms with E-state index in [0.29, 0.717) is 5.56 Å². The number of nitrogens with zero attached hydrogens (tertiary/aromatic N) is 4. The molecule has 9 heteroatoms. The molecule has 1 aliphatic rings. The topological polar surface area (TPSA) is 88.2 Å². The minimum absolute atomic E-state index is 0.00463. The number of aromatic nitrogens is 2. The minimum atomic E-state index is -3.77. The molecule has 2 aromatic rings. The third kappa shape index (κ3) is 3.16. The van der Waals surface area contributed by atoms with Crippen molar-refractivity contribution in [1.82, 2.24) is 14.1 Å². The molecule has 126 valence electrons. The first-order valence-corrected chi connectivity index (χ1v) is 9.03. The highest BCUT2D eigenvalue weighted by molar-refractivity contribution is 7.89. The fourth-order valence-corrected chi connectivity index (χ4v) is 4.51. The van der Waals surface area contributed by atoms with Gasteiger partial charge in [-0.1, -0.05) is 11.6 Å². The molecule has 0 saturated carbocycles. The van der Waals surface area contributed by atoms with Gasteiger partial charge < -0.3 is 4.74 Å². The summed E-state index contributed by atoms with van der Waals surface area (Å²) in [7, 11) is -1.98. The van der Waals surface area contributed by atoms with Crippen molar-refractivity contribution in [3.63, 3.8) is 0 Å². The summed E-state index contributed by atoms with van der Waals surface area (Å²) in [5.74, 6) is 0. The van der Waals surface area contributed by atoms with E-state index in [1.165, 1.54) is 22.5 Å². The zero-order valence-corrected chi connectivity index (χ0v) is 14.5. The summed E-state index contributed by atoms with van der Waals surface area (Å²) in [6.45, 7) is 0.715. The van der Waals surface area contributed by atoms with Crippen LogP contribution in [0.15, 0.2) is 35.5 Å². The normalized spacial score (nSPS) is 19.1. The quantitative estimate of drug-likeness (QED) is 0.825. The molecule has 1 unspecified atom stereocenters. The summed E-state index contributed by atoms with van der Waals surface area (Å²) in [5.41, 5.74) is 1.14. The average Bonchev–Trinajstić information content (AvgIpc) is 3.01. The van der Waals surface area contributed by atoms with Crippen LogP contribution >= 0.6 is 11.6 Å². The molecule has 1 aromatic heterocycles. The van der Waals surface area contributed by atoms with Crippen molar-refractivity contribution >= 4 is 21.6 Å². The van der Waals surface area contributed by atoms with Gasteiger partial charge in [0.05, 0.1) is 35.6 Å². The number of hydrogen-bond donors (Lipinski definition) is 0. The lowest BCUT2D eigenvalue weighted by Gasteiger charge is -2.31. The third-order valence-electron chi connectivity index (χ3n) is 3.80. The molecule has 1 saturated heterocycles. The Balaban J connectivity index is 1.88. The Labute approximate surface area is 145 Å². The maximum absolute atomic E-state index is 12.9. The van der Waals surface area contributed by atoms with Gasteiger partial charge in [-0.15, -0.1) is 0 Å². The Morgan fingerprint density at radius 3 is 2.88 bits per heavy atom. The van der Waals surface area contributed by atoms with E-state index in [1.807, 2.05) is 6.07 Å². The van der Waals surface area contributed by atoms with Gasteiger partial charge in [-0.2, -0.15) is 14.7 Å². The van der Waals surface area contributed by atoms with Gasteiger partial charge in [0.15, 0.2) is 0 Å². The fraction of sp³-hybridized carbons (Fsp3) is 0.333. The average molecular weight is 367 g/mol. The highest BCUT2D eigenvalue weighted by atomic mass is 35.5. The van der Waals surface area contributed by atoms with Crippen molar-refractivity contribution in [3.8, 4) is 6.07 Å². The van der Waals surface area contributed by atoms with Gasteiger partial charge in [0.25, 0.3) is 0 Å². The summed E-state index contributed by atoms with van der Waals surface area (Å²) in [4.78, 5) is -0.00463. The first kappa shape index (κ1) is 16.9. The third-order valence-corrected chi connectivity index (χ3v) is 6.15. The van der Waals surface area contributed by atoms with Crippen LogP contribution in [0.2, 0.25) is 5.02 Å². The monoisotopic (exact) mass is 366 g/mol. The van der Waals surface area contributed by atoms with E-state index in [2.05, 4.69) is 5.10 Å². The number of ether oxygens (including phenoxy) is 1. The van der Waals surface area contributed by atoms with Crippen molar-refractivity contribution in [3.05, 3.63) is 46.7 Å². The first-order chi connectivity index (χ1) is 11.4. The molecule has 3 rings (SSSR count). The number of nitriles is 1. The van der Waals surface area contributed by atoms with Gasteiger partial charge in [0.1, 0.15) is 4.90 Å². The largest absolute Gasteiger partial charge is 0.371 e. The van der Waals surface area contributed by atoms with E-state index in [0.717, 1.165) is 5.56 Å². The van der Waals surface area contributed by atoms with Crippen molar-refractivity contribution < 1.29 is 13.2 Å². The van der Waals surface area contributed by atoms with E-state index in [4.69, 9.17) is 21.6 Å². The van der Waals surface area contributed by atoms with Crippen LogP contribution in [-0.4, -0.2) is 42.2 Å². The summed E-state index contributed by atoms with van der Waals surface area (Å²) in [6.07, 6.45) is 3.09. The molecular weight excluding hydrogens is 352 g/mol. The molecule has 0 bridgehead atoms. The zero-order chi connectivity index (χ0) is 17.3. The number of morpholine rings is 1. The van der Waals surface area contributed by atoms with E-state index in [9.17, 15) is 8.42 Å². The molecule has 0 N–H and O–H groups in total. The number of sulfonamides is 1. The van der Waals surface area contributed by atoms with Crippen LogP contribution < -0.4 is 0 Å². The Bertz CT molecular complexity index is 904. The predicted molar refractivity (Wildman–Crippen MR) is 86.8 cm³/mol. The highest BCUT2D eigenvalue weighted by Gasteiger charge is 2.33. The van der Waals surface area contributed by atoms with Crippen molar-refractivity contribution in [2.75, 3.05) is 19.7 Å². The minimum Gasteiger partial charge on any atom is -0.371 e. The lowest BCUT2D eigenvalue weighted by molar-refractivity contribution is -0.00259. The predicted octanol–water partition coefficient (Wildman–Crippen LogP) is 1.71. The van der Waals surface area contributed by atoms with E-state index in [-0.39, 0.29) is 35.7 Å². The van der Waals surface area contributed by atoms with Crippen LogP contribution in [0.5, 0.6) is 0 Å². The second-order valence-electron chi connectivity index (χ2n) is 5.43. The lowest BCUT2D eigenvalue weighted by Crippen LogP contribution is -2.42. The molecule has 0 spiro atoms. The zero-order valence-electron chi connectivity index (χ0n) is 12.9. The van der Waals surface area contributed by atoms with Crippen LogP contribution in [0.3, 0.4) is 0 Å². The fourth-order valence-electron chi connectivity index (χ4n) is 2.57. The van der Waals surface area contributed by atoms with Crippen molar-refractivity contribution in [2.24, 2.45) is 7.05 Å². The Morgan fingerprint density at radius 2 is 2.25 bits per heavy atom. The molecule has 7 nitrogen and oxygen atoms in total. The molecule has 0 radical (unpaired) electrons. The van der Waals surface area contributed by atoms with Crippen LogP contribution in [0, 0.1) is 11.3 Å². The molecule has 0 amide bonds. The number of benzene rings is 1. The maximum Gasteiger partial charge on any atom is 0.244 e. The number of halogens is 1. The first-order valence-electron chi connectivity index (χ1n) is 7.22. The van der Waals surface area contributed by atoms with Crippen LogP contribution in [0.4, 0.5) is 0 Å². The summed E-state index contributed by atoms with van der Waals surface area (Å²) >= 11 is 6.07. The summed E-state index contributed by atoms with van der Waals surface area (Å²) < 4.78 is 34.4. The molecule has 1 aromatic carbocycles. The van der Waals surface area contributed by atoms with Crippen LogP contribution in [-0.2, 0) is 21.8 Å². The Morgan fingerprint density at radius 1 is 1.46 bits per heavy atom. The van der Waals surface area contributed by atoms with Gasteiger partial charge in [-0.25, -0.2) is 8.42 Å². The molecule has 24 heavy (non-hydrogen) atoms. The van der Waals surface area contributed by atoms with Crippen LogP contribution in [0.25, 0.3) is 0 Å². The molecule has 1 atom stereocenters. The van der Waals surface area contributed by atoms with E-state index < -0.39 is 10.0 Å². The molecular formula is C15H15ClN4O3S. The van der Waals surface area contributed by atoms with E-state index >= 15 is 0 Å². The van der Waals surface area contributed by atoms with Gasteiger partial charge in [-0.3, -0.25) is 4.68 Å². The van der Waals surface area contributed by atoms with Crippen molar-refractivity contribution in [1.29, 1.82) is 5.26 Å². The smallest absolute Gasteiger partial charge is 0.244 e. The SMILES string of the molecule is Cn1cc(C2CN(S(=O)(=O)c3ccc(C#N)cc3Cl)CCO2)cn1. The van der Waals surface area contributed by atoms with Crippen molar-refractivity contribution in [2.45, 2.75) is 11.0 Å². The lowest BCUT2D eigenvalue weighted by atomic mass is 10.2. The van der Waals surface area contributed by atoms with Crippen LogP contribution in [0.1, 0.15) is 17.2 Å². The number of rotatable bonds is 3. The Hall–Kier alpha value is -1.92. The summed E-state index contributed by atoms with van der Waals surface area (Å²) in [6, 6.07) is 6.10. The second-order valence-corrected chi connectivity index (χ2v) is 7.74. The molecule has 0 aliphatic carbocycles. The molecule has 1 aliphatic heterocycles. The van der Waals surface area contributed by atoms with Gasteiger partial charge in [0, 0.05) is 31.9 Å². The second kappa shape index (κ2) is 6.53. The van der Waals surface area contributed by atoms with E-state index in [1.54, 1.807) is 24.1 Å². The molecule has 2 heterocycles. The van der Waals surface area contributed by atoms with Gasteiger partial charge in [0.2, 0.25) is 10.0 Å². The highest BCUT2D eigenvalue weighted by Crippen LogP contribution is 2.30. The summed E-state index contributed by atoms with van der Waals surface area (Å²) in [5, 5.41) is 13.0. The van der Waals surface area contributed by atoms with Gasteiger partial charge in [-0.05, 0) is 18.2 Å². The standard InChI is InChI=1S/C15H15ClN4O3S/c1-19-9-12(8-18-19)14-10-20(4-5-23-14)24(21,22)15-3-2-11(7-17)6-13(15)16/h2-3,6,8-9,14H,4-5,10H2,1H3. The number of hydrogen-bond acceptors (Lipinski definition) is 5. The Kier molecular flexibility index (Phi) is 4.60. The maximum atomic E-state index is 12.9.